The molecule has 1 saturated heterocycles. The van der Waals surface area contributed by atoms with Gasteiger partial charge in [-0.05, 0) is 12.0 Å². The molecule has 0 radical (unpaired) electrons. The zero-order valence-corrected chi connectivity index (χ0v) is 17.4. The number of benzene rings is 1. The molecule has 1 fully saturated rings. The molecule has 4 N–H and O–H groups in total. The number of nitrogens with one attached hydrogen (secondary N) is 1. The van der Waals surface area contributed by atoms with E-state index in [0.717, 1.165) is 5.56 Å². The summed E-state index contributed by atoms with van der Waals surface area (Å²) in [5.41, 5.74) is 0.0201. The van der Waals surface area contributed by atoms with Gasteiger partial charge in [0.15, 0.2) is 0 Å². The summed E-state index contributed by atoms with van der Waals surface area (Å²) in [6.45, 7) is 0.387. The van der Waals surface area contributed by atoms with Crippen molar-refractivity contribution in [2.75, 3.05) is 18.6 Å². The van der Waals surface area contributed by atoms with Gasteiger partial charge in [-0.1, -0.05) is 54.2 Å². The maximum atomic E-state index is 13.7. The molecular weight excluding hydrogens is 425 g/mol. The van der Waals surface area contributed by atoms with Gasteiger partial charge in [-0.15, -0.1) is 0 Å². The summed E-state index contributed by atoms with van der Waals surface area (Å²) in [5, 5.41) is 9.51. The monoisotopic (exact) mass is 450 g/mol. The van der Waals surface area contributed by atoms with Gasteiger partial charge < -0.3 is 25.1 Å². The van der Waals surface area contributed by atoms with Crippen molar-refractivity contribution >= 4 is 25.4 Å². The average molecular weight is 450 g/mol. The fraction of sp³-hybridized carbons (Fsp3) is 0.500. The summed E-state index contributed by atoms with van der Waals surface area (Å²) in [4.78, 5) is 30.8. The van der Waals surface area contributed by atoms with Gasteiger partial charge >= 0.3 is 13.6 Å². The number of amides is 2. The van der Waals surface area contributed by atoms with Crippen LogP contribution in [0.4, 0.5) is 13.6 Å². The van der Waals surface area contributed by atoms with E-state index >= 15 is 0 Å². The number of rotatable bonds is 11. The Labute approximate surface area is 172 Å². The molecule has 2 rings (SSSR count). The van der Waals surface area contributed by atoms with E-state index in [4.69, 9.17) is 9.79 Å². The second kappa shape index (κ2) is 10.5. The van der Waals surface area contributed by atoms with Gasteiger partial charge in [0.2, 0.25) is 0 Å². The molecule has 1 heterocycles. The third kappa shape index (κ3) is 8.84. The quantitative estimate of drug-likeness (QED) is 0.305. The first kappa shape index (κ1) is 23.8. The summed E-state index contributed by atoms with van der Waals surface area (Å²) in [5.74, 6) is 0. The minimum atomic E-state index is -4.50. The number of alkyl halides is 2. The highest BCUT2D eigenvalue weighted by molar-refractivity contribution is 8.05. The predicted molar refractivity (Wildman–Crippen MR) is 108 cm³/mol. The summed E-state index contributed by atoms with van der Waals surface area (Å²) < 4.78 is 38.2. The molecule has 162 valence electrons. The molecule has 7 nitrogen and oxygen atoms in total. The molecule has 0 bridgehead atoms. The third-order valence-corrected chi connectivity index (χ3v) is 6.77. The maximum Gasteiger partial charge on any atom is 0.335 e. The Morgan fingerprint density at radius 1 is 1.34 bits per heavy atom. The number of carbonyl (C=O) groups is 1. The summed E-state index contributed by atoms with van der Waals surface area (Å²) in [7, 11) is -4.50. The van der Waals surface area contributed by atoms with E-state index in [-0.39, 0.29) is 36.8 Å². The normalized spacial score (nSPS) is 19.0. The Morgan fingerprint density at radius 2 is 2.03 bits per heavy atom. The number of nitrogens with zero attached hydrogens (tertiary/aromatic N) is 1. The molecule has 0 spiro atoms. The Bertz CT molecular complexity index is 747. The van der Waals surface area contributed by atoms with Gasteiger partial charge in [0, 0.05) is 25.9 Å². The largest absolute Gasteiger partial charge is 0.389 e. The van der Waals surface area contributed by atoms with E-state index in [9.17, 15) is 23.2 Å². The lowest BCUT2D eigenvalue weighted by molar-refractivity contribution is 0.0896. The molecule has 0 aliphatic carbocycles. The van der Waals surface area contributed by atoms with Crippen LogP contribution in [0.3, 0.4) is 0 Å². The van der Waals surface area contributed by atoms with Crippen LogP contribution in [0, 0.1) is 0 Å². The van der Waals surface area contributed by atoms with Crippen LogP contribution in [0.5, 0.6) is 0 Å². The SMILES string of the molecule is O=C1NCC(C=CC(O)Cc2ccccc2)N1CCCC(F)(F)SCP(=O)(O)O. The van der Waals surface area contributed by atoms with Crippen LogP contribution in [-0.4, -0.2) is 61.8 Å². The summed E-state index contributed by atoms with van der Waals surface area (Å²) in [6.07, 6.45) is 2.35. The predicted octanol–water partition coefficient (Wildman–Crippen LogP) is 2.78. The second-order valence-electron chi connectivity index (χ2n) is 6.77. The number of aliphatic hydroxyl groups excluding tert-OH is 1. The van der Waals surface area contributed by atoms with Crippen LogP contribution in [0.15, 0.2) is 42.5 Å². The Balaban J connectivity index is 1.82. The van der Waals surface area contributed by atoms with Gasteiger partial charge in [0.25, 0.3) is 5.25 Å². The Morgan fingerprint density at radius 3 is 2.69 bits per heavy atom. The van der Waals surface area contributed by atoms with Crippen molar-refractivity contribution in [1.82, 2.24) is 10.2 Å². The van der Waals surface area contributed by atoms with Crippen molar-refractivity contribution in [1.29, 1.82) is 0 Å². The molecule has 1 aromatic carbocycles. The number of hydrogen-bond acceptors (Lipinski definition) is 4. The Hall–Kier alpha value is -1.45. The Kier molecular flexibility index (Phi) is 8.66. The minimum absolute atomic E-state index is 0.0223. The van der Waals surface area contributed by atoms with Crippen molar-refractivity contribution in [2.45, 2.75) is 36.7 Å². The van der Waals surface area contributed by atoms with Crippen LogP contribution >= 0.6 is 19.4 Å². The molecule has 1 aliphatic rings. The van der Waals surface area contributed by atoms with E-state index in [1.807, 2.05) is 30.3 Å². The highest BCUT2D eigenvalue weighted by Gasteiger charge is 2.34. The average Bonchev–Trinajstić information content (AvgIpc) is 2.99. The molecule has 0 saturated carbocycles. The van der Waals surface area contributed by atoms with E-state index in [2.05, 4.69) is 5.32 Å². The number of thioether (sulfide) groups is 1. The zero-order chi connectivity index (χ0) is 21.5. The van der Waals surface area contributed by atoms with Crippen LogP contribution in [-0.2, 0) is 11.0 Å². The lowest BCUT2D eigenvalue weighted by atomic mass is 10.1. The first-order valence-corrected chi connectivity index (χ1v) is 11.9. The fourth-order valence-corrected chi connectivity index (χ4v) is 4.60. The second-order valence-corrected chi connectivity index (χ2v) is 10.0. The van der Waals surface area contributed by atoms with Crippen molar-refractivity contribution < 1.29 is 33.0 Å². The van der Waals surface area contributed by atoms with E-state index in [1.165, 1.54) is 4.90 Å². The molecule has 1 aromatic rings. The number of urea groups is 1. The van der Waals surface area contributed by atoms with E-state index in [1.54, 1.807) is 12.2 Å². The number of carbonyl (C=O) groups excluding carboxylic acids is 1. The van der Waals surface area contributed by atoms with Crippen LogP contribution in [0.1, 0.15) is 18.4 Å². The summed E-state index contributed by atoms with van der Waals surface area (Å²) >= 11 is -0.0778. The lowest BCUT2D eigenvalue weighted by Gasteiger charge is -2.22. The lowest BCUT2D eigenvalue weighted by Crippen LogP contribution is -2.34. The van der Waals surface area contributed by atoms with E-state index < -0.39 is 30.9 Å². The summed E-state index contributed by atoms with van der Waals surface area (Å²) in [6, 6.07) is 8.70. The van der Waals surface area contributed by atoms with Crippen LogP contribution in [0.2, 0.25) is 0 Å². The molecule has 2 amide bonds. The topological polar surface area (TPSA) is 110 Å². The van der Waals surface area contributed by atoms with Crippen molar-refractivity contribution in [3.8, 4) is 0 Å². The smallest absolute Gasteiger partial charge is 0.335 e. The van der Waals surface area contributed by atoms with Crippen LogP contribution < -0.4 is 5.32 Å². The zero-order valence-electron chi connectivity index (χ0n) is 15.7. The van der Waals surface area contributed by atoms with Gasteiger partial charge in [0.05, 0.1) is 12.1 Å². The number of halogens is 2. The third-order valence-electron chi connectivity index (χ3n) is 4.28. The molecular formula is C18H25F2N2O5PS. The molecule has 0 aromatic heterocycles. The molecule has 11 heteroatoms. The van der Waals surface area contributed by atoms with Crippen molar-refractivity contribution in [2.24, 2.45) is 0 Å². The number of aliphatic hydroxyl groups is 1. The van der Waals surface area contributed by atoms with Gasteiger partial charge in [-0.3, -0.25) is 4.57 Å². The highest BCUT2D eigenvalue weighted by Crippen LogP contribution is 2.45. The van der Waals surface area contributed by atoms with Crippen LogP contribution in [0.25, 0.3) is 0 Å². The fourth-order valence-electron chi connectivity index (χ4n) is 2.88. The van der Waals surface area contributed by atoms with Gasteiger partial charge in [0.1, 0.15) is 5.49 Å². The maximum absolute atomic E-state index is 13.7. The first-order chi connectivity index (χ1) is 13.6. The number of hydrogen-bond donors (Lipinski definition) is 4. The van der Waals surface area contributed by atoms with Crippen molar-refractivity contribution in [3.05, 3.63) is 48.0 Å². The molecule has 2 atom stereocenters. The van der Waals surface area contributed by atoms with E-state index in [0.29, 0.717) is 13.0 Å². The van der Waals surface area contributed by atoms with Crippen molar-refractivity contribution in [3.63, 3.8) is 0 Å². The highest BCUT2D eigenvalue weighted by atomic mass is 32.2. The van der Waals surface area contributed by atoms with Gasteiger partial charge in [-0.2, -0.15) is 8.78 Å². The molecule has 1 aliphatic heterocycles. The minimum Gasteiger partial charge on any atom is -0.389 e. The first-order valence-electron chi connectivity index (χ1n) is 9.07. The standard InChI is InChI=1S/C18H25F2N2O5PS/c19-18(20,29-13-28(25,26)27)9-4-10-22-15(12-21-17(22)24)7-8-16(23)11-14-5-2-1-3-6-14/h1-3,5-8,15-16,23H,4,9-13H2,(H,21,24)(H2,25,26,27). The molecule has 29 heavy (non-hydrogen) atoms. The van der Waals surface area contributed by atoms with Gasteiger partial charge in [-0.25, -0.2) is 4.79 Å². The molecule has 2 unspecified atom stereocenters.